The number of benzene rings is 3. The van der Waals surface area contributed by atoms with Gasteiger partial charge in [0.25, 0.3) is 5.91 Å². The van der Waals surface area contributed by atoms with Crippen molar-refractivity contribution in [3.8, 4) is 16.9 Å². The lowest BCUT2D eigenvalue weighted by molar-refractivity contribution is -0.0390. The predicted octanol–water partition coefficient (Wildman–Crippen LogP) is 9.60. The van der Waals surface area contributed by atoms with Crippen molar-refractivity contribution < 1.29 is 28.5 Å². The average molecular weight is 815 g/mol. The third-order valence-corrected chi connectivity index (χ3v) is 11.9. The Balaban J connectivity index is 1.39. The lowest BCUT2D eigenvalue weighted by Crippen LogP contribution is -2.43. The van der Waals surface area contributed by atoms with Gasteiger partial charge in [0.15, 0.2) is 0 Å². The number of rotatable bonds is 13. The molecular weight excluding hydrogens is 765 g/mol. The monoisotopic (exact) mass is 813 g/mol. The minimum absolute atomic E-state index is 0.112. The molecule has 13 heteroatoms. The zero-order valence-electron chi connectivity index (χ0n) is 34.0. The quantitative estimate of drug-likeness (QED) is 0.0650. The van der Waals surface area contributed by atoms with Crippen molar-refractivity contribution in [3.05, 3.63) is 97.5 Å². The fourth-order valence-corrected chi connectivity index (χ4v) is 8.77. The Labute approximate surface area is 342 Å². The van der Waals surface area contributed by atoms with Crippen molar-refractivity contribution in [2.75, 3.05) is 38.6 Å². The van der Waals surface area contributed by atoms with E-state index in [0.29, 0.717) is 48.1 Å². The topological polar surface area (TPSA) is 102 Å². The molecule has 7 rings (SSSR count). The van der Waals surface area contributed by atoms with Crippen molar-refractivity contribution in [2.24, 2.45) is 14.1 Å². The number of aromatic nitrogens is 4. The summed E-state index contributed by atoms with van der Waals surface area (Å²) in [5.41, 5.74) is 10.7. The lowest BCUT2D eigenvalue weighted by atomic mass is 9.98. The maximum absolute atomic E-state index is 15.4. The van der Waals surface area contributed by atoms with Gasteiger partial charge in [0, 0.05) is 66.4 Å². The molecule has 0 N–H and O–H groups in total. The fraction of sp³-hybridized carbons (Fsp3) is 0.386. The SMILES string of the molecule is CCOC(=O)c1cc2cc(COCOC)cc(N3C[C@@H](C)n4c(c(CCCOc5cc(C)c(Cl)c(C)c5)c5ccc(Cl)c(-c6c(C)nn(C)c6C)c54)C3=O)c2n1C. The van der Waals surface area contributed by atoms with Crippen molar-refractivity contribution in [1.82, 2.24) is 18.9 Å². The first-order valence-corrected chi connectivity index (χ1v) is 20.0. The number of ether oxygens (including phenoxy) is 4. The summed E-state index contributed by atoms with van der Waals surface area (Å²) >= 11 is 13.6. The first-order chi connectivity index (χ1) is 27.3. The molecule has 300 valence electrons. The summed E-state index contributed by atoms with van der Waals surface area (Å²) in [5, 5.41) is 7.82. The first kappa shape index (κ1) is 40.4. The van der Waals surface area contributed by atoms with E-state index in [1.165, 1.54) is 0 Å². The van der Waals surface area contributed by atoms with E-state index in [-0.39, 0.29) is 32.0 Å². The molecule has 0 fully saturated rings. The molecule has 0 unspecified atom stereocenters. The van der Waals surface area contributed by atoms with Crippen LogP contribution in [0.5, 0.6) is 5.75 Å². The van der Waals surface area contributed by atoms with E-state index >= 15 is 4.79 Å². The van der Waals surface area contributed by atoms with Gasteiger partial charge in [-0.15, -0.1) is 0 Å². The number of anilines is 1. The van der Waals surface area contributed by atoms with Gasteiger partial charge in [-0.2, -0.15) is 5.10 Å². The van der Waals surface area contributed by atoms with Gasteiger partial charge >= 0.3 is 5.97 Å². The Kier molecular flexibility index (Phi) is 11.5. The molecule has 1 amide bonds. The second-order valence-corrected chi connectivity index (χ2v) is 15.7. The van der Waals surface area contributed by atoms with E-state index in [0.717, 1.165) is 77.3 Å². The minimum atomic E-state index is -0.434. The summed E-state index contributed by atoms with van der Waals surface area (Å²) in [6, 6.07) is 13.5. The Hall–Kier alpha value is -4.81. The van der Waals surface area contributed by atoms with Gasteiger partial charge in [-0.05, 0) is 113 Å². The number of hydrogen-bond donors (Lipinski definition) is 0. The summed E-state index contributed by atoms with van der Waals surface area (Å²) < 4.78 is 28.5. The summed E-state index contributed by atoms with van der Waals surface area (Å²) in [6.07, 6.45) is 1.22. The van der Waals surface area contributed by atoms with Gasteiger partial charge < -0.3 is 33.0 Å². The van der Waals surface area contributed by atoms with Crippen LogP contribution in [-0.4, -0.2) is 64.5 Å². The third kappa shape index (κ3) is 7.20. The normalized spacial score (nSPS) is 14.3. The highest BCUT2D eigenvalue weighted by atomic mass is 35.5. The molecular formula is C44H49Cl2N5O6. The summed E-state index contributed by atoms with van der Waals surface area (Å²) in [5.74, 6) is 0.173. The number of aryl methyl sites for hydroxylation is 6. The second-order valence-electron chi connectivity index (χ2n) is 14.9. The molecule has 3 aromatic heterocycles. The predicted molar refractivity (Wildman–Crippen MR) is 225 cm³/mol. The van der Waals surface area contributed by atoms with Crippen molar-refractivity contribution in [3.63, 3.8) is 0 Å². The van der Waals surface area contributed by atoms with Crippen molar-refractivity contribution in [2.45, 2.75) is 67.0 Å². The van der Waals surface area contributed by atoms with Gasteiger partial charge in [-0.3, -0.25) is 9.48 Å². The Morgan fingerprint density at radius 2 is 1.72 bits per heavy atom. The van der Waals surface area contributed by atoms with Crippen LogP contribution in [0.4, 0.5) is 5.69 Å². The number of carbonyl (C=O) groups is 2. The first-order valence-electron chi connectivity index (χ1n) is 19.2. The number of esters is 1. The third-order valence-electron chi connectivity index (χ3n) is 11.0. The Bertz CT molecular complexity index is 2530. The van der Waals surface area contributed by atoms with Crippen LogP contribution in [0.15, 0.2) is 42.5 Å². The maximum Gasteiger partial charge on any atom is 0.354 e. The summed E-state index contributed by atoms with van der Waals surface area (Å²) in [4.78, 5) is 30.4. The zero-order valence-corrected chi connectivity index (χ0v) is 35.5. The van der Waals surface area contributed by atoms with E-state index in [9.17, 15) is 4.79 Å². The molecule has 1 aliphatic rings. The van der Waals surface area contributed by atoms with Crippen LogP contribution in [0.2, 0.25) is 10.0 Å². The molecule has 57 heavy (non-hydrogen) atoms. The van der Waals surface area contributed by atoms with Crippen LogP contribution in [0.1, 0.15) is 80.9 Å². The zero-order chi connectivity index (χ0) is 40.9. The van der Waals surface area contributed by atoms with Gasteiger partial charge in [-0.1, -0.05) is 29.3 Å². The number of carbonyl (C=O) groups excluding carboxylic acids is 2. The largest absolute Gasteiger partial charge is 0.494 e. The van der Waals surface area contributed by atoms with E-state index in [1.54, 1.807) is 14.0 Å². The van der Waals surface area contributed by atoms with E-state index in [2.05, 4.69) is 11.5 Å². The molecule has 11 nitrogen and oxygen atoms in total. The standard InChI is InChI=1S/C44H49Cl2N5O6/c1-10-56-44(53)36-20-30-18-29(22-55-23-54-9)19-35(40(30)48(36)7)50-21-26(4)51-41-33(13-14-34(45)38(41)37-27(5)47-49(8)28(37)6)32(42(51)43(50)52)12-11-15-57-31-16-24(2)39(46)25(3)17-31/h13-14,16-20,26H,10-12,15,21-23H2,1-9H3/t26-/m1/s1. The van der Waals surface area contributed by atoms with Gasteiger partial charge in [0.2, 0.25) is 0 Å². The number of halogens is 2. The molecule has 0 bridgehead atoms. The number of hydrogen-bond acceptors (Lipinski definition) is 7. The van der Waals surface area contributed by atoms with Gasteiger partial charge in [0.1, 0.15) is 23.9 Å². The van der Waals surface area contributed by atoms with E-state index in [4.69, 9.17) is 47.2 Å². The minimum Gasteiger partial charge on any atom is -0.494 e. The highest BCUT2D eigenvalue weighted by Gasteiger charge is 2.38. The highest BCUT2D eigenvalue weighted by molar-refractivity contribution is 6.35. The van der Waals surface area contributed by atoms with Crippen LogP contribution in [0, 0.1) is 27.7 Å². The average Bonchev–Trinajstić information content (AvgIpc) is 3.78. The molecule has 3 aromatic carbocycles. The van der Waals surface area contributed by atoms with Crippen LogP contribution in [-0.2, 0) is 41.3 Å². The van der Waals surface area contributed by atoms with Crippen LogP contribution < -0.4 is 9.64 Å². The van der Waals surface area contributed by atoms with Crippen molar-refractivity contribution >= 4 is 62.6 Å². The van der Waals surface area contributed by atoms with Crippen LogP contribution in [0.3, 0.4) is 0 Å². The highest BCUT2D eigenvalue weighted by Crippen LogP contribution is 2.46. The Morgan fingerprint density at radius 3 is 2.39 bits per heavy atom. The molecule has 0 saturated heterocycles. The molecule has 6 aromatic rings. The Morgan fingerprint density at radius 1 is 0.982 bits per heavy atom. The number of methoxy groups -OCH3 is 1. The molecule has 1 aliphatic heterocycles. The van der Waals surface area contributed by atoms with Crippen LogP contribution >= 0.6 is 23.2 Å². The number of amides is 1. The van der Waals surface area contributed by atoms with Gasteiger partial charge in [0.05, 0.1) is 47.3 Å². The van der Waals surface area contributed by atoms with Crippen LogP contribution in [0.25, 0.3) is 32.9 Å². The summed E-state index contributed by atoms with van der Waals surface area (Å²) in [6.45, 7) is 13.3. The molecule has 1 atom stereocenters. The molecule has 4 heterocycles. The number of nitrogens with zero attached hydrogens (tertiary/aromatic N) is 5. The van der Waals surface area contributed by atoms with Crippen molar-refractivity contribution in [1.29, 1.82) is 0 Å². The number of fused-ring (bicyclic) bond motifs is 4. The summed E-state index contributed by atoms with van der Waals surface area (Å²) in [7, 11) is 5.33. The second kappa shape index (κ2) is 16.2. The van der Waals surface area contributed by atoms with E-state index in [1.807, 2.05) is 98.4 Å². The molecule has 0 saturated carbocycles. The molecule has 0 aliphatic carbocycles. The molecule has 0 spiro atoms. The molecule has 0 radical (unpaired) electrons. The lowest BCUT2D eigenvalue weighted by Gasteiger charge is -2.35. The van der Waals surface area contributed by atoms with E-state index < -0.39 is 5.97 Å². The fourth-order valence-electron chi connectivity index (χ4n) is 8.41. The smallest absolute Gasteiger partial charge is 0.354 e. The van der Waals surface area contributed by atoms with Gasteiger partial charge in [-0.25, -0.2) is 4.79 Å². The maximum atomic E-state index is 15.4.